The van der Waals surface area contributed by atoms with Crippen molar-refractivity contribution in [2.45, 2.75) is 22.4 Å². The molecule has 0 radical (unpaired) electrons. The van der Waals surface area contributed by atoms with Crippen molar-refractivity contribution < 1.29 is 13.2 Å². The van der Waals surface area contributed by atoms with Gasteiger partial charge in [0.15, 0.2) is 0 Å². The molecule has 0 aromatic carbocycles. The third-order valence-corrected chi connectivity index (χ3v) is 6.99. The summed E-state index contributed by atoms with van der Waals surface area (Å²) in [6.45, 7) is 2.81. The summed E-state index contributed by atoms with van der Waals surface area (Å²) in [4.78, 5) is 0.155. The van der Waals surface area contributed by atoms with Crippen LogP contribution in [-0.2, 0) is 14.8 Å². The number of hydrogen-bond acceptors (Lipinski definition) is 4. The van der Waals surface area contributed by atoms with Crippen molar-refractivity contribution in [3.8, 4) is 0 Å². The minimum absolute atomic E-state index is 0.155. The van der Waals surface area contributed by atoms with Gasteiger partial charge >= 0.3 is 0 Å². The maximum atomic E-state index is 12.0. The second kappa shape index (κ2) is 7.35. The first-order valence-electron chi connectivity index (χ1n) is 5.25. The largest absolute Gasteiger partial charge is 0.384 e. The molecule has 1 unspecified atom stereocenters. The molecule has 4 nitrogen and oxygen atoms in total. The van der Waals surface area contributed by atoms with Gasteiger partial charge in [0, 0.05) is 18.5 Å². The Kier molecular flexibility index (Phi) is 6.77. The number of methoxy groups -OCH3 is 1. The molecule has 0 saturated carbocycles. The Morgan fingerprint density at radius 3 is 2.72 bits per heavy atom. The summed E-state index contributed by atoms with van der Waals surface area (Å²) in [5.74, 6) is 0. The van der Waals surface area contributed by atoms with Gasteiger partial charge in [-0.05, 0) is 40.9 Å². The van der Waals surface area contributed by atoms with Gasteiger partial charge in [0.2, 0.25) is 10.0 Å². The number of nitrogens with one attached hydrogen (secondary N) is 1. The predicted octanol–water partition coefficient (Wildman–Crippen LogP) is 2.90. The molecule has 104 valence electrons. The van der Waals surface area contributed by atoms with Crippen molar-refractivity contribution in [3.63, 3.8) is 0 Å². The van der Waals surface area contributed by atoms with Crippen LogP contribution in [0.25, 0.3) is 0 Å². The lowest BCUT2D eigenvalue weighted by molar-refractivity contribution is 0.199. The minimum atomic E-state index is -3.40. The van der Waals surface area contributed by atoms with E-state index in [4.69, 9.17) is 4.74 Å². The van der Waals surface area contributed by atoms with Crippen LogP contribution in [0, 0.1) is 6.92 Å². The number of sulfonamides is 1. The zero-order chi connectivity index (χ0) is 13.8. The van der Waals surface area contributed by atoms with Crippen molar-refractivity contribution in [1.82, 2.24) is 4.72 Å². The maximum absolute atomic E-state index is 12.0. The highest BCUT2D eigenvalue weighted by Crippen LogP contribution is 2.30. The van der Waals surface area contributed by atoms with Gasteiger partial charge in [0.05, 0.1) is 10.4 Å². The van der Waals surface area contributed by atoms with Crippen LogP contribution in [0.4, 0.5) is 0 Å². The normalized spacial score (nSPS) is 13.8. The van der Waals surface area contributed by atoms with Crippen molar-refractivity contribution in [3.05, 3.63) is 15.4 Å². The van der Waals surface area contributed by atoms with Gasteiger partial charge in [0.25, 0.3) is 0 Å². The summed E-state index contributed by atoms with van der Waals surface area (Å²) in [5.41, 5.74) is 0.929. The van der Waals surface area contributed by atoms with Gasteiger partial charge in [0.1, 0.15) is 4.21 Å². The number of rotatable bonds is 7. The molecule has 0 saturated heterocycles. The molecule has 1 N–H and O–H groups in total. The molecular formula is C10H15Br2NO3S2. The van der Waals surface area contributed by atoms with E-state index in [1.54, 1.807) is 13.2 Å². The van der Waals surface area contributed by atoms with Crippen LogP contribution in [0.5, 0.6) is 0 Å². The first-order chi connectivity index (χ1) is 8.36. The molecule has 1 aromatic heterocycles. The summed E-state index contributed by atoms with van der Waals surface area (Å²) in [6, 6.07) is 1.66. The van der Waals surface area contributed by atoms with E-state index >= 15 is 0 Å². The Hall–Kier alpha value is 0.530. The lowest BCUT2D eigenvalue weighted by Gasteiger charge is -2.09. The smallest absolute Gasteiger partial charge is 0.250 e. The average Bonchev–Trinajstić information content (AvgIpc) is 2.60. The predicted molar refractivity (Wildman–Crippen MR) is 81.2 cm³/mol. The second-order valence-electron chi connectivity index (χ2n) is 3.76. The number of aryl methyl sites for hydroxylation is 1. The molecule has 0 aliphatic carbocycles. The zero-order valence-corrected chi connectivity index (χ0v) is 14.9. The molecule has 1 atom stereocenters. The molecule has 1 heterocycles. The fraction of sp³-hybridized carbons (Fsp3) is 0.600. The molecule has 0 aliphatic heterocycles. The van der Waals surface area contributed by atoms with Gasteiger partial charge in [-0.2, -0.15) is 0 Å². The van der Waals surface area contributed by atoms with Crippen molar-refractivity contribution in [2.24, 2.45) is 0 Å². The summed E-state index contributed by atoms with van der Waals surface area (Å²) >= 11 is 7.96. The first kappa shape index (κ1) is 16.6. The fourth-order valence-electron chi connectivity index (χ4n) is 1.25. The van der Waals surface area contributed by atoms with Gasteiger partial charge < -0.3 is 4.74 Å². The highest BCUT2D eigenvalue weighted by atomic mass is 79.9. The Morgan fingerprint density at radius 1 is 1.56 bits per heavy atom. The molecular weight excluding hydrogens is 406 g/mol. The SMILES string of the molecule is COCC(Br)CCNS(=O)(=O)c1cc(C)c(Br)s1. The quantitative estimate of drug-likeness (QED) is 0.690. The van der Waals surface area contributed by atoms with E-state index in [0.717, 1.165) is 9.35 Å². The average molecular weight is 421 g/mol. The number of thiophene rings is 1. The minimum Gasteiger partial charge on any atom is -0.384 e. The fourth-order valence-corrected chi connectivity index (χ4v) is 5.06. The third-order valence-electron chi connectivity index (χ3n) is 2.20. The Balaban J connectivity index is 2.55. The Bertz CT molecular complexity index is 468. The third kappa shape index (κ3) is 4.90. The standard InChI is InChI=1S/C10H15Br2NO3S2/c1-7-5-9(17-10(7)12)18(14,15)13-4-3-8(11)6-16-2/h5,8,13H,3-4,6H2,1-2H3. The van der Waals surface area contributed by atoms with Gasteiger partial charge in [-0.25, -0.2) is 13.1 Å². The lowest BCUT2D eigenvalue weighted by atomic mass is 10.3. The van der Waals surface area contributed by atoms with Crippen LogP contribution in [0.15, 0.2) is 14.1 Å². The Labute approximate surface area is 128 Å². The monoisotopic (exact) mass is 419 g/mol. The highest BCUT2D eigenvalue weighted by molar-refractivity contribution is 9.11. The molecule has 0 bridgehead atoms. The van der Waals surface area contributed by atoms with Crippen molar-refractivity contribution in [1.29, 1.82) is 0 Å². The molecule has 18 heavy (non-hydrogen) atoms. The van der Waals surface area contributed by atoms with Crippen molar-refractivity contribution in [2.75, 3.05) is 20.3 Å². The molecule has 0 fully saturated rings. The summed E-state index contributed by atoms with van der Waals surface area (Å²) in [7, 11) is -1.78. The van der Waals surface area contributed by atoms with Crippen LogP contribution >= 0.6 is 43.2 Å². The van der Waals surface area contributed by atoms with E-state index in [2.05, 4.69) is 36.6 Å². The van der Waals surface area contributed by atoms with E-state index in [-0.39, 0.29) is 4.83 Å². The molecule has 0 aliphatic rings. The maximum Gasteiger partial charge on any atom is 0.250 e. The summed E-state index contributed by atoms with van der Waals surface area (Å²) < 4.78 is 32.7. The van der Waals surface area contributed by atoms with Crippen LogP contribution in [0.2, 0.25) is 0 Å². The molecule has 0 spiro atoms. The number of alkyl halides is 1. The molecule has 8 heteroatoms. The lowest BCUT2D eigenvalue weighted by Crippen LogP contribution is -2.26. The number of ether oxygens (including phenoxy) is 1. The van der Waals surface area contributed by atoms with E-state index in [0.29, 0.717) is 23.8 Å². The Morgan fingerprint density at radius 2 is 2.22 bits per heavy atom. The van der Waals surface area contributed by atoms with Crippen LogP contribution in [0.1, 0.15) is 12.0 Å². The van der Waals surface area contributed by atoms with Crippen LogP contribution in [-0.4, -0.2) is 33.5 Å². The zero-order valence-electron chi connectivity index (χ0n) is 10.1. The number of hydrogen-bond donors (Lipinski definition) is 1. The first-order valence-corrected chi connectivity index (χ1v) is 9.26. The summed E-state index contributed by atoms with van der Waals surface area (Å²) in [6.07, 6.45) is 0.679. The van der Waals surface area contributed by atoms with Crippen molar-refractivity contribution >= 4 is 53.2 Å². The van der Waals surface area contributed by atoms with E-state index in [1.165, 1.54) is 11.3 Å². The topological polar surface area (TPSA) is 55.4 Å². The summed E-state index contributed by atoms with van der Waals surface area (Å²) in [5, 5.41) is 0. The number of halogens is 2. The molecule has 1 aromatic rings. The van der Waals surface area contributed by atoms with E-state index in [9.17, 15) is 8.42 Å². The highest BCUT2D eigenvalue weighted by Gasteiger charge is 2.18. The van der Waals surface area contributed by atoms with Gasteiger partial charge in [-0.1, -0.05) is 15.9 Å². The van der Waals surface area contributed by atoms with E-state index in [1.807, 2.05) is 6.92 Å². The van der Waals surface area contributed by atoms with Crippen LogP contribution in [0.3, 0.4) is 0 Å². The van der Waals surface area contributed by atoms with E-state index < -0.39 is 10.0 Å². The molecule has 0 amide bonds. The second-order valence-corrected chi connectivity index (χ2v) is 9.42. The van der Waals surface area contributed by atoms with Crippen LogP contribution < -0.4 is 4.72 Å². The van der Waals surface area contributed by atoms with Gasteiger partial charge in [-0.3, -0.25) is 0 Å². The van der Waals surface area contributed by atoms with Gasteiger partial charge in [-0.15, -0.1) is 11.3 Å². The molecule has 1 rings (SSSR count).